The fourth-order valence-corrected chi connectivity index (χ4v) is 4.65. The van der Waals surface area contributed by atoms with Gasteiger partial charge in [-0.2, -0.15) is 0 Å². The Balaban J connectivity index is 1.49. The van der Waals surface area contributed by atoms with E-state index in [1.165, 1.54) is 5.56 Å². The molecule has 1 aliphatic heterocycles. The fourth-order valence-electron chi connectivity index (χ4n) is 4.65. The van der Waals surface area contributed by atoms with Gasteiger partial charge in [-0.3, -0.25) is 9.69 Å². The second kappa shape index (κ2) is 9.57. The van der Waals surface area contributed by atoms with Crippen LogP contribution in [0.1, 0.15) is 61.5 Å². The Morgan fingerprint density at radius 2 is 1.88 bits per heavy atom. The molecule has 2 heterocycles. The summed E-state index contributed by atoms with van der Waals surface area (Å²) in [6.07, 6.45) is 4.32. The number of aliphatic hydroxyl groups is 1. The van der Waals surface area contributed by atoms with Crippen molar-refractivity contribution in [2.45, 2.75) is 57.2 Å². The molecule has 0 bridgehead atoms. The number of hydrogen-bond donors (Lipinski definition) is 3. The van der Waals surface area contributed by atoms with Crippen molar-refractivity contribution in [3.63, 3.8) is 0 Å². The summed E-state index contributed by atoms with van der Waals surface area (Å²) in [5.74, 6) is 0.0107. The minimum atomic E-state index is -0.337. The number of carbonyl (C=O) groups excluding carboxylic acids is 1. The van der Waals surface area contributed by atoms with Crippen molar-refractivity contribution < 1.29 is 14.6 Å². The average molecular weight is 439 g/mol. The Morgan fingerprint density at radius 1 is 1.22 bits per heavy atom. The number of nitrogens with zero attached hydrogens (tertiary/aromatic N) is 2. The van der Waals surface area contributed by atoms with Gasteiger partial charge in [-0.1, -0.05) is 24.3 Å². The monoisotopic (exact) mass is 438 g/mol. The standard InChI is InChI=1S/C25H34N4O3/c1-17(29-11-13-32-14-12-29)18-3-5-19(6-4-18)20-15-22(23(26)27-16-20)24(31)28-25(2)9-7-21(30)8-10-25/h3-6,15-17,21,30H,7-14H2,1-2H3,(H2,26,27)(H,28,31)/t17-,21?,25?/m1/s1. The predicted octanol–water partition coefficient (Wildman–Crippen LogP) is 3.15. The van der Waals surface area contributed by atoms with E-state index in [4.69, 9.17) is 10.5 Å². The third-order valence-corrected chi connectivity index (χ3v) is 6.96. The summed E-state index contributed by atoms with van der Waals surface area (Å²) in [4.78, 5) is 19.7. The van der Waals surface area contributed by atoms with E-state index >= 15 is 0 Å². The van der Waals surface area contributed by atoms with E-state index in [1.54, 1.807) is 6.20 Å². The maximum Gasteiger partial charge on any atom is 0.255 e. The quantitative estimate of drug-likeness (QED) is 0.663. The lowest BCUT2D eigenvalue weighted by molar-refractivity contribution is 0.0198. The maximum atomic E-state index is 13.0. The Hall–Kier alpha value is -2.48. The third kappa shape index (κ3) is 5.11. The highest BCUT2D eigenvalue weighted by molar-refractivity contribution is 5.99. The number of hydrogen-bond acceptors (Lipinski definition) is 6. The molecule has 1 aromatic carbocycles. The van der Waals surface area contributed by atoms with Gasteiger partial charge in [-0.05, 0) is 56.7 Å². The van der Waals surface area contributed by atoms with Gasteiger partial charge >= 0.3 is 0 Å². The van der Waals surface area contributed by atoms with Crippen LogP contribution in [0.4, 0.5) is 5.82 Å². The summed E-state index contributed by atoms with van der Waals surface area (Å²) >= 11 is 0. The molecule has 2 fully saturated rings. The molecule has 4 N–H and O–H groups in total. The number of ether oxygens (including phenoxy) is 1. The molecule has 1 aliphatic carbocycles. The number of anilines is 1. The molecule has 0 unspecified atom stereocenters. The highest BCUT2D eigenvalue weighted by Gasteiger charge is 2.32. The molecule has 4 rings (SSSR count). The van der Waals surface area contributed by atoms with Crippen molar-refractivity contribution in [3.05, 3.63) is 47.7 Å². The van der Waals surface area contributed by atoms with Gasteiger partial charge in [0.15, 0.2) is 0 Å². The highest BCUT2D eigenvalue weighted by atomic mass is 16.5. The molecule has 1 aromatic heterocycles. The van der Waals surface area contributed by atoms with Gasteiger partial charge in [-0.25, -0.2) is 4.98 Å². The zero-order valence-electron chi connectivity index (χ0n) is 19.0. The first-order valence-corrected chi connectivity index (χ1v) is 11.5. The molecule has 7 heteroatoms. The summed E-state index contributed by atoms with van der Waals surface area (Å²) in [7, 11) is 0. The van der Waals surface area contributed by atoms with E-state index < -0.39 is 0 Å². The van der Waals surface area contributed by atoms with E-state index in [0.29, 0.717) is 24.4 Å². The highest BCUT2D eigenvalue weighted by Crippen LogP contribution is 2.30. The normalized spacial score (nSPS) is 25.3. The van der Waals surface area contributed by atoms with Crippen molar-refractivity contribution in [1.82, 2.24) is 15.2 Å². The van der Waals surface area contributed by atoms with Crippen molar-refractivity contribution in [1.29, 1.82) is 0 Å². The summed E-state index contributed by atoms with van der Waals surface area (Å²) in [6.45, 7) is 7.70. The zero-order chi connectivity index (χ0) is 22.7. The predicted molar refractivity (Wildman–Crippen MR) is 125 cm³/mol. The van der Waals surface area contributed by atoms with Crippen LogP contribution in [0, 0.1) is 0 Å². The first-order chi connectivity index (χ1) is 15.3. The van der Waals surface area contributed by atoms with Crippen LogP contribution in [0.5, 0.6) is 0 Å². The van der Waals surface area contributed by atoms with E-state index in [1.807, 2.05) is 13.0 Å². The van der Waals surface area contributed by atoms with Crippen LogP contribution in [0.2, 0.25) is 0 Å². The van der Waals surface area contributed by atoms with E-state index in [-0.39, 0.29) is 23.4 Å². The van der Waals surface area contributed by atoms with Crippen LogP contribution in [0.15, 0.2) is 36.5 Å². The molecule has 1 saturated heterocycles. The summed E-state index contributed by atoms with van der Waals surface area (Å²) in [5.41, 5.74) is 9.22. The zero-order valence-corrected chi connectivity index (χ0v) is 19.0. The van der Waals surface area contributed by atoms with E-state index in [9.17, 15) is 9.90 Å². The number of rotatable bonds is 5. The number of aromatic nitrogens is 1. The number of carbonyl (C=O) groups is 1. The van der Waals surface area contributed by atoms with Crippen molar-refractivity contribution >= 4 is 11.7 Å². The minimum Gasteiger partial charge on any atom is -0.393 e. The second-order valence-electron chi connectivity index (χ2n) is 9.35. The lowest BCUT2D eigenvalue weighted by atomic mass is 9.81. The van der Waals surface area contributed by atoms with Crippen LogP contribution in [-0.2, 0) is 4.74 Å². The second-order valence-corrected chi connectivity index (χ2v) is 9.35. The number of morpholine rings is 1. The maximum absolute atomic E-state index is 13.0. The smallest absolute Gasteiger partial charge is 0.255 e. The van der Waals surface area contributed by atoms with Crippen LogP contribution in [-0.4, -0.2) is 58.8 Å². The molecule has 172 valence electrons. The molecule has 32 heavy (non-hydrogen) atoms. The molecule has 0 spiro atoms. The topological polar surface area (TPSA) is 101 Å². The number of benzene rings is 1. The van der Waals surface area contributed by atoms with Gasteiger partial charge in [0.1, 0.15) is 5.82 Å². The van der Waals surface area contributed by atoms with Crippen LogP contribution >= 0.6 is 0 Å². The van der Waals surface area contributed by atoms with E-state index in [0.717, 1.165) is 50.3 Å². The third-order valence-electron chi connectivity index (χ3n) is 6.96. The summed E-state index contributed by atoms with van der Waals surface area (Å²) in [6, 6.07) is 10.6. The summed E-state index contributed by atoms with van der Waals surface area (Å²) < 4.78 is 5.46. The number of nitrogen functional groups attached to an aromatic ring is 1. The van der Waals surface area contributed by atoms with Crippen molar-refractivity contribution in [2.24, 2.45) is 0 Å². The lowest BCUT2D eigenvalue weighted by Gasteiger charge is -2.36. The van der Waals surface area contributed by atoms with Crippen LogP contribution in [0.3, 0.4) is 0 Å². The molecule has 2 aromatic rings. The Labute approximate surface area is 190 Å². The number of pyridine rings is 1. The Morgan fingerprint density at radius 3 is 2.53 bits per heavy atom. The molecule has 1 amide bonds. The van der Waals surface area contributed by atoms with E-state index in [2.05, 4.69) is 46.4 Å². The fraction of sp³-hybridized carbons (Fsp3) is 0.520. The Bertz CT molecular complexity index is 933. The number of nitrogens with two attached hydrogens (primary N) is 1. The molecular formula is C25H34N4O3. The molecule has 1 saturated carbocycles. The van der Waals surface area contributed by atoms with Crippen molar-refractivity contribution in [2.75, 3.05) is 32.0 Å². The van der Waals surface area contributed by atoms with Crippen LogP contribution < -0.4 is 11.1 Å². The minimum absolute atomic E-state index is 0.215. The van der Waals surface area contributed by atoms with Gasteiger partial charge in [0.2, 0.25) is 0 Å². The summed E-state index contributed by atoms with van der Waals surface area (Å²) in [5, 5.41) is 12.9. The largest absolute Gasteiger partial charge is 0.393 e. The first kappa shape index (κ1) is 22.7. The van der Waals surface area contributed by atoms with Crippen molar-refractivity contribution in [3.8, 4) is 11.1 Å². The van der Waals surface area contributed by atoms with Gasteiger partial charge < -0.3 is 20.9 Å². The number of nitrogens with one attached hydrogen (secondary N) is 1. The number of amides is 1. The molecule has 2 aliphatic rings. The Kier molecular flexibility index (Phi) is 6.79. The lowest BCUT2D eigenvalue weighted by Crippen LogP contribution is -2.49. The van der Waals surface area contributed by atoms with Gasteiger partial charge in [-0.15, -0.1) is 0 Å². The molecule has 7 nitrogen and oxygen atoms in total. The van der Waals surface area contributed by atoms with Gasteiger partial charge in [0.05, 0.1) is 24.9 Å². The van der Waals surface area contributed by atoms with Crippen LogP contribution in [0.25, 0.3) is 11.1 Å². The molecule has 1 atom stereocenters. The SMILES string of the molecule is C[C@H](c1ccc(-c2cnc(N)c(C(=O)NC3(C)CCC(O)CC3)c2)cc1)N1CCOCC1. The number of aliphatic hydroxyl groups excluding tert-OH is 1. The first-order valence-electron chi connectivity index (χ1n) is 11.5. The average Bonchev–Trinajstić information content (AvgIpc) is 2.81. The molecule has 0 radical (unpaired) electrons. The molecular weight excluding hydrogens is 404 g/mol. The van der Waals surface area contributed by atoms with Gasteiger partial charge in [0.25, 0.3) is 5.91 Å². The van der Waals surface area contributed by atoms with Gasteiger partial charge in [0, 0.05) is 36.4 Å².